The quantitative estimate of drug-likeness (QED) is 0.533. The molecule has 142 valence electrons. The number of morpholine rings is 1. The predicted octanol–water partition coefficient (Wildman–Crippen LogP) is 2.81. The Kier molecular flexibility index (Phi) is 5.69. The number of thiazole rings is 1. The van der Waals surface area contributed by atoms with Crippen LogP contribution in [0.5, 0.6) is 0 Å². The number of anilines is 1. The molecule has 1 N–H and O–H groups in total. The molecule has 3 aromatic rings. The molecule has 1 aliphatic heterocycles. The average molecular weight is 393 g/mol. The summed E-state index contributed by atoms with van der Waals surface area (Å²) in [6.07, 6.45) is 4.78. The van der Waals surface area contributed by atoms with Gasteiger partial charge in [0.25, 0.3) is 5.91 Å². The molecule has 1 aromatic carbocycles. The number of pyridine rings is 1. The molecule has 7 nitrogen and oxygen atoms in total. The lowest BCUT2D eigenvalue weighted by atomic mass is 10.1. The summed E-state index contributed by atoms with van der Waals surface area (Å²) in [7, 11) is 0. The van der Waals surface area contributed by atoms with Gasteiger partial charge < -0.3 is 9.64 Å². The summed E-state index contributed by atoms with van der Waals surface area (Å²) >= 11 is 1.55. The topological polar surface area (TPSA) is 79.7 Å². The molecule has 2 aromatic heterocycles. The molecule has 0 spiro atoms. The average Bonchev–Trinajstić information content (AvgIpc) is 3.20. The van der Waals surface area contributed by atoms with E-state index < -0.39 is 0 Å². The molecule has 1 aliphatic rings. The van der Waals surface area contributed by atoms with E-state index in [9.17, 15) is 4.79 Å². The lowest BCUT2D eigenvalue weighted by molar-refractivity contribution is 0.0954. The van der Waals surface area contributed by atoms with Crippen molar-refractivity contribution < 1.29 is 9.53 Å². The molecule has 0 radical (unpaired) electrons. The third-order valence-electron chi connectivity index (χ3n) is 4.24. The predicted molar refractivity (Wildman–Crippen MR) is 110 cm³/mol. The number of hydrazone groups is 1. The lowest BCUT2D eigenvalue weighted by Crippen LogP contribution is -2.36. The van der Waals surface area contributed by atoms with Gasteiger partial charge in [-0.2, -0.15) is 5.10 Å². The largest absolute Gasteiger partial charge is 0.378 e. The minimum Gasteiger partial charge on any atom is -0.378 e. The normalized spacial score (nSPS) is 14.4. The molecular formula is C20H19N5O2S. The third kappa shape index (κ3) is 4.24. The maximum Gasteiger partial charge on any atom is 0.272 e. The van der Waals surface area contributed by atoms with Crippen LogP contribution >= 0.6 is 11.3 Å². The van der Waals surface area contributed by atoms with Gasteiger partial charge in [-0.3, -0.25) is 9.78 Å². The van der Waals surface area contributed by atoms with Crippen LogP contribution in [0.25, 0.3) is 11.3 Å². The van der Waals surface area contributed by atoms with Crippen LogP contribution in [0.4, 0.5) is 5.13 Å². The first-order chi connectivity index (χ1) is 13.8. The molecule has 0 aliphatic carbocycles. The van der Waals surface area contributed by atoms with Crippen LogP contribution in [0.2, 0.25) is 0 Å². The number of rotatable bonds is 5. The van der Waals surface area contributed by atoms with Crippen molar-refractivity contribution in [2.24, 2.45) is 5.10 Å². The van der Waals surface area contributed by atoms with Gasteiger partial charge in [0, 0.05) is 31.0 Å². The van der Waals surface area contributed by atoms with Gasteiger partial charge in [0.1, 0.15) is 0 Å². The van der Waals surface area contributed by atoms with E-state index in [-0.39, 0.29) is 5.91 Å². The molecule has 0 atom stereocenters. The van der Waals surface area contributed by atoms with Crippen molar-refractivity contribution in [2.45, 2.75) is 0 Å². The Hall–Kier alpha value is -3.10. The second-order valence-corrected chi connectivity index (χ2v) is 7.12. The second-order valence-electron chi connectivity index (χ2n) is 6.12. The van der Waals surface area contributed by atoms with Crippen molar-refractivity contribution in [3.05, 3.63) is 65.3 Å². The van der Waals surface area contributed by atoms with Gasteiger partial charge in [0.15, 0.2) is 5.13 Å². The lowest BCUT2D eigenvalue weighted by Gasteiger charge is -2.26. The van der Waals surface area contributed by atoms with E-state index in [0.717, 1.165) is 34.4 Å². The molecule has 0 unspecified atom stereocenters. The van der Waals surface area contributed by atoms with Crippen LogP contribution < -0.4 is 10.3 Å². The van der Waals surface area contributed by atoms with Gasteiger partial charge in [0.05, 0.1) is 35.6 Å². The van der Waals surface area contributed by atoms with Crippen molar-refractivity contribution >= 4 is 28.6 Å². The Balaban J connectivity index is 1.57. The minimum atomic E-state index is -0.302. The van der Waals surface area contributed by atoms with Crippen molar-refractivity contribution in [1.29, 1.82) is 0 Å². The Morgan fingerprint density at radius 2 is 2.00 bits per heavy atom. The number of hydrogen-bond acceptors (Lipinski definition) is 7. The highest BCUT2D eigenvalue weighted by molar-refractivity contribution is 7.17. The summed E-state index contributed by atoms with van der Waals surface area (Å²) in [5, 5.41) is 5.07. The van der Waals surface area contributed by atoms with Gasteiger partial charge in [-0.15, -0.1) is 0 Å². The van der Waals surface area contributed by atoms with Crippen LogP contribution in [0.15, 0.2) is 60.0 Å². The molecule has 1 amide bonds. The molecule has 0 saturated carbocycles. The van der Waals surface area contributed by atoms with E-state index in [1.807, 2.05) is 30.3 Å². The molecule has 4 rings (SSSR count). The Bertz CT molecular complexity index is 953. The fourth-order valence-electron chi connectivity index (χ4n) is 2.81. The van der Waals surface area contributed by atoms with Crippen LogP contribution in [0.3, 0.4) is 0 Å². The number of carbonyl (C=O) groups excluding carboxylic acids is 1. The zero-order valence-electron chi connectivity index (χ0n) is 15.1. The Morgan fingerprint density at radius 1 is 1.18 bits per heavy atom. The number of nitrogens with zero attached hydrogens (tertiary/aromatic N) is 4. The fraction of sp³-hybridized carbons (Fsp3) is 0.200. The first-order valence-corrected chi connectivity index (χ1v) is 9.75. The van der Waals surface area contributed by atoms with E-state index in [0.29, 0.717) is 18.8 Å². The van der Waals surface area contributed by atoms with Gasteiger partial charge in [0.2, 0.25) is 0 Å². The standard InChI is InChI=1S/C20H19N5O2S/c26-19(16-7-4-8-21-13-16)24-22-14-17-18(15-5-2-1-3-6-15)23-20(28-17)25-9-11-27-12-10-25/h1-8,13-14H,9-12H2,(H,24,26)/b22-14+. The minimum absolute atomic E-state index is 0.302. The number of carbonyl (C=O) groups is 1. The monoisotopic (exact) mass is 393 g/mol. The van der Waals surface area contributed by atoms with Crippen molar-refractivity contribution in [3.8, 4) is 11.3 Å². The molecule has 1 fully saturated rings. The van der Waals surface area contributed by atoms with Crippen LogP contribution in [0, 0.1) is 0 Å². The van der Waals surface area contributed by atoms with Crippen LogP contribution in [-0.2, 0) is 4.74 Å². The molecule has 28 heavy (non-hydrogen) atoms. The smallest absolute Gasteiger partial charge is 0.272 e. The number of ether oxygens (including phenoxy) is 1. The Morgan fingerprint density at radius 3 is 2.75 bits per heavy atom. The third-order valence-corrected chi connectivity index (χ3v) is 5.29. The van der Waals surface area contributed by atoms with Gasteiger partial charge in [-0.1, -0.05) is 41.7 Å². The SMILES string of the molecule is O=C(N/N=C/c1sc(N2CCOCC2)nc1-c1ccccc1)c1cccnc1. The van der Waals surface area contributed by atoms with Crippen LogP contribution in [-0.4, -0.2) is 48.4 Å². The highest BCUT2D eigenvalue weighted by atomic mass is 32.1. The molecule has 3 heterocycles. The first kappa shape index (κ1) is 18.3. The van der Waals surface area contributed by atoms with Gasteiger partial charge in [-0.05, 0) is 12.1 Å². The fourth-order valence-corrected chi connectivity index (χ4v) is 3.82. The maximum atomic E-state index is 12.1. The van der Waals surface area contributed by atoms with Crippen molar-refractivity contribution in [2.75, 3.05) is 31.2 Å². The molecule has 0 bridgehead atoms. The summed E-state index contributed by atoms with van der Waals surface area (Å²) in [4.78, 5) is 24.0. The van der Waals surface area contributed by atoms with E-state index in [1.165, 1.54) is 6.20 Å². The number of nitrogens with one attached hydrogen (secondary N) is 1. The number of amides is 1. The molecule has 8 heteroatoms. The Labute approximate surface area is 166 Å². The molecular weight excluding hydrogens is 374 g/mol. The van der Waals surface area contributed by atoms with Gasteiger partial charge in [-0.25, -0.2) is 10.4 Å². The number of aromatic nitrogens is 2. The summed E-state index contributed by atoms with van der Waals surface area (Å²) in [6, 6.07) is 13.4. The molecule has 1 saturated heterocycles. The van der Waals surface area contributed by atoms with Crippen molar-refractivity contribution in [1.82, 2.24) is 15.4 Å². The first-order valence-electron chi connectivity index (χ1n) is 8.93. The summed E-state index contributed by atoms with van der Waals surface area (Å²) in [5.41, 5.74) is 4.88. The maximum absolute atomic E-state index is 12.1. The zero-order valence-corrected chi connectivity index (χ0v) is 15.9. The van der Waals surface area contributed by atoms with E-state index in [1.54, 1.807) is 35.9 Å². The highest BCUT2D eigenvalue weighted by Gasteiger charge is 2.18. The second kappa shape index (κ2) is 8.73. The van der Waals surface area contributed by atoms with Gasteiger partial charge >= 0.3 is 0 Å². The zero-order chi connectivity index (χ0) is 19.2. The summed E-state index contributed by atoms with van der Waals surface area (Å²) in [6.45, 7) is 3.03. The summed E-state index contributed by atoms with van der Waals surface area (Å²) in [5.74, 6) is -0.302. The van der Waals surface area contributed by atoms with E-state index in [4.69, 9.17) is 9.72 Å². The highest BCUT2D eigenvalue weighted by Crippen LogP contribution is 2.32. The van der Waals surface area contributed by atoms with E-state index in [2.05, 4.69) is 20.4 Å². The number of hydrogen-bond donors (Lipinski definition) is 1. The number of benzene rings is 1. The van der Waals surface area contributed by atoms with E-state index >= 15 is 0 Å². The summed E-state index contributed by atoms with van der Waals surface area (Å²) < 4.78 is 5.43. The van der Waals surface area contributed by atoms with Crippen LogP contribution in [0.1, 0.15) is 15.2 Å². The van der Waals surface area contributed by atoms with Crippen molar-refractivity contribution in [3.63, 3.8) is 0 Å².